The van der Waals surface area contributed by atoms with Gasteiger partial charge in [0.1, 0.15) is 6.10 Å². The molecule has 0 spiro atoms. The van der Waals surface area contributed by atoms with Crippen molar-refractivity contribution in [3.8, 4) is 0 Å². The van der Waals surface area contributed by atoms with Crippen LogP contribution in [0.5, 0.6) is 0 Å². The van der Waals surface area contributed by atoms with Crippen molar-refractivity contribution in [2.24, 2.45) is 0 Å². The Hall–Kier alpha value is -2.14. The Bertz CT molecular complexity index is 628. The number of hydrogen-bond acceptors (Lipinski definition) is 3. The van der Waals surface area contributed by atoms with Gasteiger partial charge in [-0.15, -0.1) is 0 Å². The summed E-state index contributed by atoms with van der Waals surface area (Å²) >= 11 is 0. The summed E-state index contributed by atoms with van der Waals surface area (Å²) in [5, 5.41) is 9.07. The molecule has 2 aliphatic rings. The van der Waals surface area contributed by atoms with E-state index >= 15 is 0 Å². The van der Waals surface area contributed by atoms with Crippen molar-refractivity contribution in [2.75, 3.05) is 6.54 Å². The van der Waals surface area contributed by atoms with Crippen LogP contribution in [0.15, 0.2) is 36.4 Å². The van der Waals surface area contributed by atoms with Crippen molar-refractivity contribution in [3.05, 3.63) is 42.0 Å². The van der Waals surface area contributed by atoms with Gasteiger partial charge in [-0.2, -0.15) is 0 Å². The summed E-state index contributed by atoms with van der Waals surface area (Å²) in [6, 6.07) is 10.1. The van der Waals surface area contributed by atoms with Gasteiger partial charge in [0.2, 0.25) is 0 Å². The second-order valence-electron chi connectivity index (χ2n) is 6.75. The van der Waals surface area contributed by atoms with Gasteiger partial charge < -0.3 is 14.7 Å². The molecule has 2 fully saturated rings. The maximum atomic E-state index is 12.9. The molecule has 2 saturated heterocycles. The lowest BCUT2D eigenvalue weighted by molar-refractivity contribution is -0.155. The Morgan fingerprint density at radius 3 is 2.52 bits per heavy atom. The van der Waals surface area contributed by atoms with Crippen LogP contribution in [0.3, 0.4) is 0 Å². The summed E-state index contributed by atoms with van der Waals surface area (Å²) < 4.78 is 5.47. The number of ether oxygens (including phenoxy) is 1. The number of carbonyl (C=O) groups is 2. The second-order valence-corrected chi connectivity index (χ2v) is 6.75. The molecular weight excluding hydrogens is 318 g/mol. The fraction of sp³-hybridized carbons (Fsp3) is 0.500. The summed E-state index contributed by atoms with van der Waals surface area (Å²) in [4.78, 5) is 25.9. The van der Waals surface area contributed by atoms with Gasteiger partial charge in [-0.25, -0.2) is 4.79 Å². The van der Waals surface area contributed by atoms with Crippen LogP contribution in [0.4, 0.5) is 0 Å². The van der Waals surface area contributed by atoms with E-state index in [0.29, 0.717) is 19.4 Å². The molecule has 0 radical (unpaired) electrons. The summed E-state index contributed by atoms with van der Waals surface area (Å²) in [5.41, 5.74) is 1.11. The fourth-order valence-corrected chi connectivity index (χ4v) is 3.58. The lowest BCUT2D eigenvalue weighted by atomic mass is 10.1. The Morgan fingerprint density at radius 2 is 1.80 bits per heavy atom. The molecule has 3 atom stereocenters. The summed E-state index contributed by atoms with van der Waals surface area (Å²) in [5.74, 6) is -1.04. The van der Waals surface area contributed by atoms with E-state index in [9.17, 15) is 9.59 Å². The average molecular weight is 343 g/mol. The van der Waals surface area contributed by atoms with Gasteiger partial charge in [0.25, 0.3) is 5.91 Å². The monoisotopic (exact) mass is 343 g/mol. The SMILES string of the molecule is O=C(O)[C@H]1CC[C@@H](C(=O)N2CCCCCC2/C=C/c2ccccc2)O1. The number of hydrogen-bond donors (Lipinski definition) is 1. The zero-order chi connectivity index (χ0) is 17.6. The number of aliphatic carboxylic acids is 1. The highest BCUT2D eigenvalue weighted by Crippen LogP contribution is 2.26. The first kappa shape index (κ1) is 17.7. The number of rotatable bonds is 4. The van der Waals surface area contributed by atoms with Crippen LogP contribution in [0.1, 0.15) is 44.1 Å². The van der Waals surface area contributed by atoms with Crippen molar-refractivity contribution in [3.63, 3.8) is 0 Å². The minimum atomic E-state index is -0.980. The van der Waals surface area contributed by atoms with Crippen LogP contribution in [-0.2, 0) is 14.3 Å². The highest BCUT2D eigenvalue weighted by Gasteiger charge is 2.38. The van der Waals surface area contributed by atoms with Gasteiger partial charge in [-0.05, 0) is 31.2 Å². The first-order valence-corrected chi connectivity index (χ1v) is 9.07. The molecule has 0 saturated carbocycles. The third-order valence-electron chi connectivity index (χ3n) is 4.96. The zero-order valence-corrected chi connectivity index (χ0v) is 14.3. The molecule has 2 heterocycles. The number of carboxylic acid groups (broad SMARTS) is 1. The van der Waals surface area contributed by atoms with Crippen LogP contribution in [0.2, 0.25) is 0 Å². The largest absolute Gasteiger partial charge is 0.479 e. The lowest BCUT2D eigenvalue weighted by Crippen LogP contribution is -2.45. The molecule has 0 aliphatic carbocycles. The first-order chi connectivity index (χ1) is 12.1. The molecule has 2 aliphatic heterocycles. The minimum Gasteiger partial charge on any atom is -0.479 e. The molecule has 5 heteroatoms. The molecule has 1 N–H and O–H groups in total. The Morgan fingerprint density at radius 1 is 1.04 bits per heavy atom. The van der Waals surface area contributed by atoms with Crippen molar-refractivity contribution >= 4 is 18.0 Å². The van der Waals surface area contributed by atoms with E-state index in [2.05, 4.69) is 12.2 Å². The van der Waals surface area contributed by atoms with Crippen molar-refractivity contribution < 1.29 is 19.4 Å². The third kappa shape index (κ3) is 4.48. The van der Waals surface area contributed by atoms with Crippen molar-refractivity contribution in [2.45, 2.75) is 56.8 Å². The van der Waals surface area contributed by atoms with Crippen molar-refractivity contribution in [1.29, 1.82) is 0 Å². The molecule has 5 nitrogen and oxygen atoms in total. The number of likely N-dealkylation sites (tertiary alicyclic amines) is 1. The average Bonchev–Trinajstić information content (AvgIpc) is 3.01. The van der Waals surface area contributed by atoms with Crippen LogP contribution >= 0.6 is 0 Å². The van der Waals surface area contributed by atoms with Gasteiger partial charge in [0, 0.05) is 6.54 Å². The van der Waals surface area contributed by atoms with Gasteiger partial charge in [0.15, 0.2) is 6.10 Å². The van der Waals surface area contributed by atoms with Crippen LogP contribution in [0, 0.1) is 0 Å². The lowest BCUT2D eigenvalue weighted by Gasteiger charge is -2.30. The van der Waals surface area contributed by atoms with Crippen molar-refractivity contribution in [1.82, 2.24) is 4.90 Å². The molecule has 0 aromatic heterocycles. The Labute approximate surface area is 148 Å². The van der Waals surface area contributed by atoms with E-state index in [1.807, 2.05) is 35.2 Å². The molecule has 1 aromatic rings. The van der Waals surface area contributed by atoms with E-state index in [0.717, 1.165) is 31.2 Å². The maximum Gasteiger partial charge on any atom is 0.332 e. The summed E-state index contributed by atoms with van der Waals surface area (Å²) in [7, 11) is 0. The van der Waals surface area contributed by atoms with E-state index in [1.54, 1.807) is 0 Å². The smallest absolute Gasteiger partial charge is 0.332 e. The first-order valence-electron chi connectivity index (χ1n) is 9.07. The molecule has 25 heavy (non-hydrogen) atoms. The van der Waals surface area contributed by atoms with Crippen LogP contribution < -0.4 is 0 Å². The Balaban J connectivity index is 1.71. The van der Waals surface area contributed by atoms with E-state index < -0.39 is 18.2 Å². The Kier molecular flexibility index (Phi) is 5.87. The number of amides is 1. The van der Waals surface area contributed by atoms with Gasteiger partial charge in [-0.1, -0.05) is 55.3 Å². The maximum absolute atomic E-state index is 12.9. The molecule has 1 amide bonds. The molecule has 1 unspecified atom stereocenters. The normalized spacial score (nSPS) is 27.4. The zero-order valence-electron chi connectivity index (χ0n) is 14.3. The van der Waals surface area contributed by atoms with E-state index in [-0.39, 0.29) is 11.9 Å². The topological polar surface area (TPSA) is 66.8 Å². The highest BCUT2D eigenvalue weighted by atomic mass is 16.5. The number of benzene rings is 1. The predicted octanol–water partition coefficient (Wildman–Crippen LogP) is 3.10. The van der Waals surface area contributed by atoms with Gasteiger partial charge >= 0.3 is 5.97 Å². The molecule has 0 bridgehead atoms. The van der Waals surface area contributed by atoms with Gasteiger partial charge in [-0.3, -0.25) is 4.79 Å². The number of carboxylic acids is 1. The number of carbonyl (C=O) groups excluding carboxylic acids is 1. The van der Waals surface area contributed by atoms with Gasteiger partial charge in [0.05, 0.1) is 6.04 Å². The molecular formula is C20H25NO4. The number of nitrogens with zero attached hydrogens (tertiary/aromatic N) is 1. The highest BCUT2D eigenvalue weighted by molar-refractivity contribution is 5.83. The quantitative estimate of drug-likeness (QED) is 0.912. The van der Waals surface area contributed by atoms with Crippen LogP contribution in [-0.4, -0.2) is 46.7 Å². The molecule has 134 valence electrons. The van der Waals surface area contributed by atoms with E-state index in [4.69, 9.17) is 9.84 Å². The molecule has 3 rings (SSSR count). The second kappa shape index (κ2) is 8.30. The predicted molar refractivity (Wildman–Crippen MR) is 95.0 cm³/mol. The summed E-state index contributed by atoms with van der Waals surface area (Å²) in [6.45, 7) is 0.709. The fourth-order valence-electron chi connectivity index (χ4n) is 3.58. The van der Waals surface area contributed by atoms with E-state index in [1.165, 1.54) is 0 Å². The summed E-state index contributed by atoms with van der Waals surface area (Å²) in [6.07, 6.45) is 7.71. The van der Waals surface area contributed by atoms with Crippen LogP contribution in [0.25, 0.3) is 6.08 Å². The minimum absolute atomic E-state index is 0.0442. The third-order valence-corrected chi connectivity index (χ3v) is 4.96. The standard InChI is InChI=1S/C20H25NO4/c22-19(17-12-13-18(25-17)20(23)24)21-14-6-2-5-9-16(21)11-10-15-7-3-1-4-8-15/h1,3-4,7-8,10-11,16-18H,2,5-6,9,12-14H2,(H,23,24)/b11-10+/t16?,17-,18+/m0/s1. The molecule has 1 aromatic carbocycles.